The van der Waals surface area contributed by atoms with Crippen LogP contribution in [0.3, 0.4) is 0 Å². The molecule has 94 valence electrons. The van der Waals surface area contributed by atoms with Crippen LogP contribution >= 0.6 is 0 Å². The van der Waals surface area contributed by atoms with E-state index in [4.69, 9.17) is 5.73 Å². The molecule has 0 aliphatic rings. The molecule has 17 heavy (non-hydrogen) atoms. The molecule has 1 rings (SSSR count). The van der Waals surface area contributed by atoms with Crippen molar-refractivity contribution in [2.24, 2.45) is 5.73 Å². The zero-order chi connectivity index (χ0) is 13.1. The molecule has 2 N–H and O–H groups in total. The first kappa shape index (κ1) is 13.7. The van der Waals surface area contributed by atoms with Gasteiger partial charge in [0.2, 0.25) is 0 Å². The van der Waals surface area contributed by atoms with Crippen molar-refractivity contribution in [3.05, 3.63) is 34.9 Å². The predicted octanol–water partition coefficient (Wildman–Crippen LogP) is 2.94. The first-order valence-corrected chi connectivity index (χ1v) is 5.27. The lowest BCUT2D eigenvalue weighted by Gasteiger charge is -2.10. The summed E-state index contributed by atoms with van der Waals surface area (Å²) < 4.78 is 37.2. The van der Waals surface area contributed by atoms with E-state index in [0.717, 1.165) is 12.1 Å². The maximum Gasteiger partial charge on any atom is 0.416 e. The SMILES string of the molecule is Cc1cc(C(F)(F)F)ccc1C(=O)CCCN. The molecule has 0 radical (unpaired) electrons. The maximum atomic E-state index is 12.4. The number of nitrogens with two attached hydrogens (primary N) is 1. The molecule has 0 atom stereocenters. The average molecular weight is 245 g/mol. The topological polar surface area (TPSA) is 43.1 Å². The van der Waals surface area contributed by atoms with Crippen molar-refractivity contribution in [1.29, 1.82) is 0 Å². The molecule has 0 aliphatic heterocycles. The Hall–Kier alpha value is -1.36. The normalized spacial score (nSPS) is 11.6. The summed E-state index contributed by atoms with van der Waals surface area (Å²) in [5.41, 5.74) is 5.23. The van der Waals surface area contributed by atoms with Crippen molar-refractivity contribution in [2.45, 2.75) is 25.9 Å². The summed E-state index contributed by atoms with van der Waals surface area (Å²) in [4.78, 5) is 11.6. The van der Waals surface area contributed by atoms with Crippen molar-refractivity contribution in [3.63, 3.8) is 0 Å². The molecule has 0 bridgehead atoms. The van der Waals surface area contributed by atoms with Gasteiger partial charge in [-0.15, -0.1) is 0 Å². The molecular formula is C12H14F3NO. The molecule has 0 fully saturated rings. The lowest BCUT2D eigenvalue weighted by molar-refractivity contribution is -0.137. The summed E-state index contributed by atoms with van der Waals surface area (Å²) in [6.45, 7) is 1.90. The molecule has 2 nitrogen and oxygen atoms in total. The van der Waals surface area contributed by atoms with Crippen LogP contribution in [0.5, 0.6) is 0 Å². The third kappa shape index (κ3) is 3.56. The van der Waals surface area contributed by atoms with Crippen LogP contribution in [0, 0.1) is 6.92 Å². The first-order chi connectivity index (χ1) is 7.86. The molecule has 0 amide bonds. The highest BCUT2D eigenvalue weighted by atomic mass is 19.4. The second kappa shape index (κ2) is 5.31. The van der Waals surface area contributed by atoms with E-state index in [9.17, 15) is 18.0 Å². The Balaban J connectivity index is 2.94. The standard InChI is InChI=1S/C12H14F3NO/c1-8-7-9(12(13,14)15)4-5-10(8)11(17)3-2-6-16/h4-5,7H,2-3,6,16H2,1H3. The fraction of sp³-hybridized carbons (Fsp3) is 0.417. The average Bonchev–Trinajstić information content (AvgIpc) is 2.24. The van der Waals surface area contributed by atoms with Crippen molar-refractivity contribution >= 4 is 5.78 Å². The Bertz CT molecular complexity index is 413. The highest BCUT2D eigenvalue weighted by Gasteiger charge is 2.30. The monoisotopic (exact) mass is 245 g/mol. The molecule has 1 aromatic rings. The summed E-state index contributed by atoms with van der Waals surface area (Å²) in [6, 6.07) is 3.16. The Morgan fingerprint density at radius 2 is 2.00 bits per heavy atom. The van der Waals surface area contributed by atoms with E-state index < -0.39 is 11.7 Å². The molecule has 0 saturated heterocycles. The summed E-state index contributed by atoms with van der Waals surface area (Å²) in [6.07, 6.45) is -3.56. The maximum absolute atomic E-state index is 12.4. The van der Waals surface area contributed by atoms with Crippen LogP contribution < -0.4 is 5.73 Å². The van der Waals surface area contributed by atoms with Gasteiger partial charge in [-0.1, -0.05) is 6.07 Å². The number of rotatable bonds is 4. The molecule has 0 heterocycles. The number of Topliss-reactive ketones (excluding diaryl/α,β-unsaturated/α-hetero) is 1. The van der Waals surface area contributed by atoms with Crippen LogP contribution in [0.4, 0.5) is 13.2 Å². The number of halogens is 3. The summed E-state index contributed by atoms with van der Waals surface area (Å²) in [5.74, 6) is -0.165. The smallest absolute Gasteiger partial charge is 0.330 e. The van der Waals surface area contributed by atoms with Gasteiger partial charge in [-0.25, -0.2) is 0 Å². The van der Waals surface area contributed by atoms with E-state index in [1.54, 1.807) is 0 Å². The van der Waals surface area contributed by atoms with Gasteiger partial charge in [-0.3, -0.25) is 4.79 Å². The van der Waals surface area contributed by atoms with Crippen LogP contribution in [-0.2, 0) is 6.18 Å². The van der Waals surface area contributed by atoms with Gasteiger partial charge in [0, 0.05) is 12.0 Å². The van der Waals surface area contributed by atoms with Gasteiger partial charge in [0.15, 0.2) is 5.78 Å². The highest BCUT2D eigenvalue weighted by molar-refractivity contribution is 5.97. The van der Waals surface area contributed by atoms with E-state index in [0.29, 0.717) is 24.1 Å². The van der Waals surface area contributed by atoms with Crippen LogP contribution in [0.15, 0.2) is 18.2 Å². The van der Waals surface area contributed by atoms with E-state index in [-0.39, 0.29) is 12.2 Å². The summed E-state index contributed by atoms with van der Waals surface area (Å²) in [5, 5.41) is 0. The lowest BCUT2D eigenvalue weighted by atomic mass is 9.99. The fourth-order valence-electron chi connectivity index (χ4n) is 1.55. The lowest BCUT2D eigenvalue weighted by Crippen LogP contribution is -2.09. The van der Waals surface area contributed by atoms with E-state index >= 15 is 0 Å². The molecule has 5 heteroatoms. The number of aryl methyl sites for hydroxylation is 1. The Morgan fingerprint density at radius 3 is 2.47 bits per heavy atom. The van der Waals surface area contributed by atoms with Crippen molar-refractivity contribution in [1.82, 2.24) is 0 Å². The molecule has 1 aromatic carbocycles. The predicted molar refractivity (Wildman–Crippen MR) is 58.8 cm³/mol. The van der Waals surface area contributed by atoms with Crippen LogP contribution in [0.2, 0.25) is 0 Å². The van der Waals surface area contributed by atoms with Gasteiger partial charge in [-0.05, 0) is 37.6 Å². The number of alkyl halides is 3. The molecule has 0 spiro atoms. The number of hydrogen-bond acceptors (Lipinski definition) is 2. The van der Waals surface area contributed by atoms with Crippen molar-refractivity contribution in [3.8, 4) is 0 Å². The Kier molecular flexibility index (Phi) is 4.28. The summed E-state index contributed by atoms with van der Waals surface area (Å²) >= 11 is 0. The molecule has 0 aliphatic carbocycles. The second-order valence-corrected chi connectivity index (χ2v) is 3.84. The van der Waals surface area contributed by atoms with Crippen LogP contribution in [0.25, 0.3) is 0 Å². The zero-order valence-corrected chi connectivity index (χ0v) is 9.47. The van der Waals surface area contributed by atoms with E-state index in [1.807, 2.05) is 0 Å². The number of hydrogen-bond donors (Lipinski definition) is 1. The van der Waals surface area contributed by atoms with Crippen LogP contribution in [0.1, 0.15) is 34.3 Å². The molecule has 0 unspecified atom stereocenters. The minimum atomic E-state index is -4.37. The van der Waals surface area contributed by atoms with E-state index in [1.165, 1.54) is 13.0 Å². The number of benzene rings is 1. The van der Waals surface area contributed by atoms with Gasteiger partial charge in [0.1, 0.15) is 0 Å². The Morgan fingerprint density at radius 1 is 1.35 bits per heavy atom. The third-order valence-corrected chi connectivity index (χ3v) is 2.46. The first-order valence-electron chi connectivity index (χ1n) is 5.27. The number of carbonyl (C=O) groups excluding carboxylic acids is 1. The van der Waals surface area contributed by atoms with Gasteiger partial charge in [0.05, 0.1) is 5.56 Å². The van der Waals surface area contributed by atoms with E-state index in [2.05, 4.69) is 0 Å². The molecular weight excluding hydrogens is 231 g/mol. The van der Waals surface area contributed by atoms with Crippen molar-refractivity contribution < 1.29 is 18.0 Å². The number of carbonyl (C=O) groups is 1. The van der Waals surface area contributed by atoms with Gasteiger partial charge >= 0.3 is 6.18 Å². The largest absolute Gasteiger partial charge is 0.416 e. The molecule has 0 saturated carbocycles. The second-order valence-electron chi connectivity index (χ2n) is 3.84. The highest BCUT2D eigenvalue weighted by Crippen LogP contribution is 2.30. The van der Waals surface area contributed by atoms with Crippen LogP contribution in [-0.4, -0.2) is 12.3 Å². The minimum absolute atomic E-state index is 0.165. The van der Waals surface area contributed by atoms with Gasteiger partial charge in [-0.2, -0.15) is 13.2 Å². The zero-order valence-electron chi connectivity index (χ0n) is 9.47. The van der Waals surface area contributed by atoms with Gasteiger partial charge in [0.25, 0.3) is 0 Å². The molecule has 0 aromatic heterocycles. The number of ketones is 1. The third-order valence-electron chi connectivity index (χ3n) is 2.46. The summed E-state index contributed by atoms with van der Waals surface area (Å²) in [7, 11) is 0. The minimum Gasteiger partial charge on any atom is -0.330 e. The van der Waals surface area contributed by atoms with Gasteiger partial charge < -0.3 is 5.73 Å². The fourth-order valence-corrected chi connectivity index (χ4v) is 1.55. The Labute approximate surface area is 97.6 Å². The quantitative estimate of drug-likeness (QED) is 0.829. The van der Waals surface area contributed by atoms with Crippen molar-refractivity contribution in [2.75, 3.05) is 6.54 Å².